The van der Waals surface area contributed by atoms with Gasteiger partial charge in [-0.05, 0) is 48.9 Å². The fraction of sp³-hybridized carbons (Fsp3) is 0.625. The maximum Gasteiger partial charge on any atom is 0.0406 e. The van der Waals surface area contributed by atoms with Crippen molar-refractivity contribution in [3.05, 3.63) is 34.9 Å². The molecule has 2 rings (SSSR count). The summed E-state index contributed by atoms with van der Waals surface area (Å²) in [7, 11) is 0. The maximum absolute atomic E-state index is 6.18. The van der Waals surface area contributed by atoms with Crippen molar-refractivity contribution in [2.24, 2.45) is 17.6 Å². The van der Waals surface area contributed by atoms with Gasteiger partial charge >= 0.3 is 0 Å². The highest BCUT2D eigenvalue weighted by Gasteiger charge is 2.24. The molecular weight excluding hydrogens is 256 g/mol. The van der Waals surface area contributed by atoms with E-state index in [0.717, 1.165) is 23.9 Å². The van der Waals surface area contributed by atoms with Crippen LogP contribution in [0.4, 0.5) is 0 Å². The summed E-state index contributed by atoms with van der Waals surface area (Å²) in [6.07, 6.45) is 2.45. The number of likely N-dealkylation sites (tertiary alicyclic amines) is 1. The van der Waals surface area contributed by atoms with E-state index in [1.807, 2.05) is 12.1 Å². The van der Waals surface area contributed by atoms with Crippen molar-refractivity contribution in [2.45, 2.75) is 39.3 Å². The van der Waals surface area contributed by atoms with E-state index in [0.29, 0.717) is 12.0 Å². The first kappa shape index (κ1) is 14.8. The molecule has 0 aromatic heterocycles. The van der Waals surface area contributed by atoms with E-state index in [1.165, 1.54) is 25.1 Å². The van der Waals surface area contributed by atoms with Crippen molar-refractivity contribution in [3.63, 3.8) is 0 Å². The molecule has 1 aromatic carbocycles. The molecule has 0 amide bonds. The molecule has 2 unspecified atom stereocenters. The van der Waals surface area contributed by atoms with E-state index in [9.17, 15) is 0 Å². The normalized spacial score (nSPS) is 22.1. The molecule has 106 valence electrons. The van der Waals surface area contributed by atoms with E-state index in [4.69, 9.17) is 17.3 Å². The van der Waals surface area contributed by atoms with E-state index >= 15 is 0 Å². The molecule has 0 spiro atoms. The van der Waals surface area contributed by atoms with Crippen LogP contribution in [0, 0.1) is 11.8 Å². The SMILES string of the molecule is CC(C)C(N)CC1CCN(Cc2ccc(Cl)cc2)C1. The third-order valence-corrected chi connectivity index (χ3v) is 4.40. The van der Waals surface area contributed by atoms with E-state index < -0.39 is 0 Å². The molecule has 1 aliphatic heterocycles. The van der Waals surface area contributed by atoms with Crippen molar-refractivity contribution >= 4 is 11.6 Å². The lowest BCUT2D eigenvalue weighted by Gasteiger charge is -2.20. The molecule has 1 saturated heterocycles. The highest BCUT2D eigenvalue weighted by atomic mass is 35.5. The van der Waals surface area contributed by atoms with Gasteiger partial charge in [-0.2, -0.15) is 0 Å². The van der Waals surface area contributed by atoms with Crippen LogP contribution in [0.5, 0.6) is 0 Å². The highest BCUT2D eigenvalue weighted by Crippen LogP contribution is 2.24. The van der Waals surface area contributed by atoms with Gasteiger partial charge in [-0.1, -0.05) is 37.6 Å². The Kier molecular flexibility index (Phi) is 5.26. The second-order valence-electron chi connectivity index (χ2n) is 6.16. The van der Waals surface area contributed by atoms with Gasteiger partial charge in [0.2, 0.25) is 0 Å². The van der Waals surface area contributed by atoms with Crippen LogP contribution in [0.1, 0.15) is 32.3 Å². The quantitative estimate of drug-likeness (QED) is 0.894. The van der Waals surface area contributed by atoms with Gasteiger partial charge in [-0.25, -0.2) is 0 Å². The number of nitrogens with two attached hydrogens (primary N) is 1. The predicted molar refractivity (Wildman–Crippen MR) is 82.3 cm³/mol. The summed E-state index contributed by atoms with van der Waals surface area (Å²) >= 11 is 5.91. The van der Waals surface area contributed by atoms with Crippen molar-refractivity contribution in [2.75, 3.05) is 13.1 Å². The summed E-state index contributed by atoms with van der Waals surface area (Å²) in [6.45, 7) is 7.84. The van der Waals surface area contributed by atoms with Crippen LogP contribution in [-0.4, -0.2) is 24.0 Å². The summed E-state index contributed by atoms with van der Waals surface area (Å²) < 4.78 is 0. The first-order valence-corrected chi connectivity index (χ1v) is 7.64. The van der Waals surface area contributed by atoms with Gasteiger partial charge in [0.25, 0.3) is 0 Å². The Balaban J connectivity index is 1.80. The zero-order chi connectivity index (χ0) is 13.8. The van der Waals surface area contributed by atoms with Gasteiger partial charge < -0.3 is 5.73 Å². The molecule has 1 aromatic rings. The lowest BCUT2D eigenvalue weighted by atomic mass is 9.93. The summed E-state index contributed by atoms with van der Waals surface area (Å²) in [5.74, 6) is 1.36. The van der Waals surface area contributed by atoms with Crippen molar-refractivity contribution in [3.8, 4) is 0 Å². The van der Waals surface area contributed by atoms with Crippen LogP contribution >= 0.6 is 11.6 Å². The molecule has 3 heteroatoms. The van der Waals surface area contributed by atoms with Crippen molar-refractivity contribution in [1.82, 2.24) is 4.90 Å². The second-order valence-corrected chi connectivity index (χ2v) is 6.60. The molecule has 19 heavy (non-hydrogen) atoms. The fourth-order valence-corrected chi connectivity index (χ4v) is 2.88. The average Bonchev–Trinajstić information content (AvgIpc) is 2.79. The standard InChI is InChI=1S/C16H25ClN2/c1-12(2)16(18)9-14-7-8-19(11-14)10-13-3-5-15(17)6-4-13/h3-6,12,14,16H,7-11,18H2,1-2H3. The third-order valence-electron chi connectivity index (χ3n) is 4.15. The Morgan fingerprint density at radius 3 is 2.63 bits per heavy atom. The van der Waals surface area contributed by atoms with Gasteiger partial charge in [-0.15, -0.1) is 0 Å². The molecule has 1 heterocycles. The Morgan fingerprint density at radius 1 is 1.32 bits per heavy atom. The number of hydrogen-bond acceptors (Lipinski definition) is 2. The zero-order valence-electron chi connectivity index (χ0n) is 12.0. The monoisotopic (exact) mass is 280 g/mol. The van der Waals surface area contributed by atoms with E-state index in [2.05, 4.69) is 30.9 Å². The van der Waals surface area contributed by atoms with Gasteiger partial charge in [0.05, 0.1) is 0 Å². The van der Waals surface area contributed by atoms with Crippen molar-refractivity contribution in [1.29, 1.82) is 0 Å². The fourth-order valence-electron chi connectivity index (χ4n) is 2.75. The smallest absolute Gasteiger partial charge is 0.0406 e. The maximum atomic E-state index is 6.18. The highest BCUT2D eigenvalue weighted by molar-refractivity contribution is 6.30. The molecule has 2 nitrogen and oxygen atoms in total. The summed E-state index contributed by atoms with van der Waals surface area (Å²) in [6, 6.07) is 8.53. The molecule has 1 aliphatic rings. The Morgan fingerprint density at radius 2 is 2.00 bits per heavy atom. The molecule has 0 aliphatic carbocycles. The predicted octanol–water partition coefficient (Wildman–Crippen LogP) is 3.54. The topological polar surface area (TPSA) is 29.3 Å². The number of nitrogens with zero attached hydrogens (tertiary/aromatic N) is 1. The Labute approximate surface area is 121 Å². The van der Waals surface area contributed by atoms with E-state index in [-0.39, 0.29) is 0 Å². The first-order chi connectivity index (χ1) is 9.04. The lowest BCUT2D eigenvalue weighted by Crippen LogP contribution is -2.30. The largest absolute Gasteiger partial charge is 0.327 e. The van der Waals surface area contributed by atoms with Crippen LogP contribution in [0.25, 0.3) is 0 Å². The van der Waals surface area contributed by atoms with Gasteiger partial charge in [0.15, 0.2) is 0 Å². The number of hydrogen-bond donors (Lipinski definition) is 1. The van der Waals surface area contributed by atoms with Crippen LogP contribution in [0.15, 0.2) is 24.3 Å². The molecule has 1 fully saturated rings. The molecular formula is C16H25ClN2. The number of rotatable bonds is 5. The molecule has 2 atom stereocenters. The number of halogens is 1. The first-order valence-electron chi connectivity index (χ1n) is 7.27. The van der Waals surface area contributed by atoms with Crippen LogP contribution < -0.4 is 5.73 Å². The average molecular weight is 281 g/mol. The molecule has 0 bridgehead atoms. The summed E-state index contributed by atoms with van der Waals surface area (Å²) in [4.78, 5) is 2.53. The molecule has 2 N–H and O–H groups in total. The van der Waals surface area contributed by atoms with Gasteiger partial charge in [-0.3, -0.25) is 4.90 Å². The van der Waals surface area contributed by atoms with Crippen LogP contribution in [-0.2, 0) is 6.54 Å². The lowest BCUT2D eigenvalue weighted by molar-refractivity contribution is 0.301. The third kappa shape index (κ3) is 4.48. The minimum atomic E-state index is 0.348. The number of benzene rings is 1. The molecule has 0 saturated carbocycles. The Bertz CT molecular complexity index is 388. The minimum absolute atomic E-state index is 0.348. The zero-order valence-corrected chi connectivity index (χ0v) is 12.7. The van der Waals surface area contributed by atoms with E-state index in [1.54, 1.807) is 0 Å². The molecule has 0 radical (unpaired) electrons. The second kappa shape index (κ2) is 6.74. The summed E-state index contributed by atoms with van der Waals surface area (Å²) in [5.41, 5.74) is 7.52. The van der Waals surface area contributed by atoms with Crippen LogP contribution in [0.2, 0.25) is 5.02 Å². The summed E-state index contributed by atoms with van der Waals surface area (Å²) in [5, 5.41) is 0.811. The van der Waals surface area contributed by atoms with Crippen LogP contribution in [0.3, 0.4) is 0 Å². The van der Waals surface area contributed by atoms with Crippen molar-refractivity contribution < 1.29 is 0 Å². The minimum Gasteiger partial charge on any atom is -0.327 e. The Hall–Kier alpha value is -0.570. The van der Waals surface area contributed by atoms with Gasteiger partial charge in [0.1, 0.15) is 0 Å². The van der Waals surface area contributed by atoms with Gasteiger partial charge in [0, 0.05) is 24.2 Å².